The Balaban J connectivity index is 3.25. The predicted octanol–water partition coefficient (Wildman–Crippen LogP) is 0.0700. The molecule has 0 heterocycles. The average Bonchev–Trinajstić information content (AvgIpc) is 1.97. The van der Waals surface area contributed by atoms with Crippen molar-refractivity contribution < 1.29 is 4.79 Å². The molecule has 0 aromatic heterocycles. The van der Waals surface area contributed by atoms with Crippen LogP contribution in [-0.4, -0.2) is 25.4 Å². The topological polar surface area (TPSA) is 55.1 Å². The van der Waals surface area contributed by atoms with Crippen molar-refractivity contribution in [2.75, 3.05) is 19.6 Å². The lowest BCUT2D eigenvalue weighted by Crippen LogP contribution is -2.25. The van der Waals surface area contributed by atoms with Crippen LogP contribution in [0.15, 0.2) is 12.2 Å². The summed E-state index contributed by atoms with van der Waals surface area (Å²) < 4.78 is 0. The highest BCUT2D eigenvalue weighted by molar-refractivity contribution is 5.95. The van der Waals surface area contributed by atoms with Crippen LogP contribution in [0.25, 0.3) is 0 Å². The number of rotatable bonds is 6. The highest BCUT2D eigenvalue weighted by Gasteiger charge is 1.99. The molecule has 0 aromatic rings. The van der Waals surface area contributed by atoms with Gasteiger partial charge in [0.15, 0.2) is 5.78 Å². The molecule has 0 aromatic carbocycles. The Labute approximate surface area is 67.7 Å². The zero-order valence-electron chi connectivity index (χ0n) is 7.02. The molecular weight excluding hydrogens is 140 g/mol. The largest absolute Gasteiger partial charge is 0.330 e. The van der Waals surface area contributed by atoms with Gasteiger partial charge < -0.3 is 11.1 Å². The second kappa shape index (κ2) is 6.07. The quantitative estimate of drug-likeness (QED) is 0.422. The third-order valence-corrected chi connectivity index (χ3v) is 1.32. The van der Waals surface area contributed by atoms with Gasteiger partial charge in [0.2, 0.25) is 0 Å². The molecular formula is C8H16N2O. The molecule has 3 heteroatoms. The Morgan fingerprint density at radius 2 is 2.27 bits per heavy atom. The van der Waals surface area contributed by atoms with Gasteiger partial charge in [-0.25, -0.2) is 0 Å². The van der Waals surface area contributed by atoms with Crippen LogP contribution in [-0.2, 0) is 4.79 Å². The van der Waals surface area contributed by atoms with Gasteiger partial charge in [0.25, 0.3) is 0 Å². The smallest absolute Gasteiger partial charge is 0.171 e. The van der Waals surface area contributed by atoms with Gasteiger partial charge in [-0.3, -0.25) is 4.79 Å². The van der Waals surface area contributed by atoms with Crippen LogP contribution < -0.4 is 11.1 Å². The lowest BCUT2D eigenvalue weighted by Gasteiger charge is -2.01. The van der Waals surface area contributed by atoms with E-state index in [4.69, 9.17) is 5.73 Å². The molecule has 11 heavy (non-hydrogen) atoms. The summed E-state index contributed by atoms with van der Waals surface area (Å²) >= 11 is 0. The van der Waals surface area contributed by atoms with Crippen molar-refractivity contribution >= 4 is 5.78 Å². The Hall–Kier alpha value is -0.670. The molecule has 0 spiro atoms. The van der Waals surface area contributed by atoms with Crippen molar-refractivity contribution in [3.05, 3.63) is 12.2 Å². The van der Waals surface area contributed by atoms with Gasteiger partial charge in [-0.05, 0) is 32.0 Å². The van der Waals surface area contributed by atoms with Crippen molar-refractivity contribution in [2.24, 2.45) is 5.73 Å². The van der Waals surface area contributed by atoms with E-state index in [1.54, 1.807) is 6.92 Å². The third kappa shape index (κ3) is 5.76. The molecule has 0 aliphatic heterocycles. The first-order valence-corrected chi connectivity index (χ1v) is 3.78. The molecule has 0 radical (unpaired) electrons. The summed E-state index contributed by atoms with van der Waals surface area (Å²) in [6, 6.07) is 0. The van der Waals surface area contributed by atoms with E-state index in [0.29, 0.717) is 18.7 Å². The van der Waals surface area contributed by atoms with E-state index in [-0.39, 0.29) is 5.78 Å². The fourth-order valence-electron chi connectivity index (χ4n) is 0.580. The molecule has 0 unspecified atom stereocenters. The van der Waals surface area contributed by atoms with Gasteiger partial charge in [0, 0.05) is 0 Å². The van der Waals surface area contributed by atoms with E-state index in [1.807, 2.05) is 0 Å². The lowest BCUT2D eigenvalue weighted by molar-refractivity contribution is -0.114. The van der Waals surface area contributed by atoms with Crippen LogP contribution in [0.4, 0.5) is 0 Å². The molecule has 0 atom stereocenters. The fraction of sp³-hybridized carbons (Fsp3) is 0.625. The molecule has 3 nitrogen and oxygen atoms in total. The first-order chi connectivity index (χ1) is 5.18. The van der Waals surface area contributed by atoms with Gasteiger partial charge in [0.05, 0.1) is 6.54 Å². The molecule has 0 saturated heterocycles. The van der Waals surface area contributed by atoms with Crippen molar-refractivity contribution in [1.29, 1.82) is 0 Å². The number of carbonyl (C=O) groups is 1. The monoisotopic (exact) mass is 156 g/mol. The summed E-state index contributed by atoms with van der Waals surface area (Å²) in [5, 5.41) is 2.98. The molecule has 0 fully saturated rings. The lowest BCUT2D eigenvalue weighted by atomic mass is 10.2. The molecule has 0 bridgehead atoms. The van der Waals surface area contributed by atoms with Crippen molar-refractivity contribution in [2.45, 2.75) is 13.3 Å². The number of hydrogen-bond donors (Lipinski definition) is 2. The summed E-state index contributed by atoms with van der Waals surface area (Å²) in [7, 11) is 0. The highest BCUT2D eigenvalue weighted by Crippen LogP contribution is 1.86. The van der Waals surface area contributed by atoms with Crippen LogP contribution in [0, 0.1) is 0 Å². The number of Topliss-reactive ketones (excluding diaryl/α,β-unsaturated/α-hetero) is 1. The van der Waals surface area contributed by atoms with E-state index in [1.165, 1.54) is 0 Å². The average molecular weight is 156 g/mol. The molecule has 0 aliphatic carbocycles. The first kappa shape index (κ1) is 10.3. The number of ketones is 1. The summed E-state index contributed by atoms with van der Waals surface area (Å²) in [4.78, 5) is 10.9. The fourth-order valence-corrected chi connectivity index (χ4v) is 0.580. The van der Waals surface area contributed by atoms with Crippen molar-refractivity contribution in [3.8, 4) is 0 Å². The standard InChI is InChI=1S/C8H16N2O/c1-7(2)8(11)6-10-5-3-4-9/h10H,1,3-6,9H2,2H3. The van der Waals surface area contributed by atoms with Crippen LogP contribution in [0.2, 0.25) is 0 Å². The Kier molecular flexibility index (Phi) is 5.70. The molecule has 0 aliphatic rings. The first-order valence-electron chi connectivity index (χ1n) is 3.78. The maximum Gasteiger partial charge on any atom is 0.171 e. The van der Waals surface area contributed by atoms with Crippen LogP contribution in [0.5, 0.6) is 0 Å². The Bertz CT molecular complexity index is 143. The number of carbonyl (C=O) groups excluding carboxylic acids is 1. The third-order valence-electron chi connectivity index (χ3n) is 1.32. The maximum atomic E-state index is 10.9. The highest BCUT2D eigenvalue weighted by atomic mass is 16.1. The van der Waals surface area contributed by atoms with Gasteiger partial charge in [0.1, 0.15) is 0 Å². The minimum atomic E-state index is 0.0713. The van der Waals surface area contributed by atoms with Gasteiger partial charge >= 0.3 is 0 Å². The van der Waals surface area contributed by atoms with Gasteiger partial charge in [-0.2, -0.15) is 0 Å². The van der Waals surface area contributed by atoms with Crippen molar-refractivity contribution in [3.63, 3.8) is 0 Å². The Morgan fingerprint density at radius 1 is 1.64 bits per heavy atom. The summed E-state index contributed by atoms with van der Waals surface area (Å²) in [5.41, 5.74) is 5.86. The summed E-state index contributed by atoms with van der Waals surface area (Å²) in [6.45, 7) is 7.10. The molecule has 0 rings (SSSR count). The second-order valence-corrected chi connectivity index (χ2v) is 2.52. The normalized spacial score (nSPS) is 9.64. The van der Waals surface area contributed by atoms with Gasteiger partial charge in [-0.15, -0.1) is 0 Å². The zero-order chi connectivity index (χ0) is 8.69. The number of nitrogens with two attached hydrogens (primary N) is 1. The molecule has 0 saturated carbocycles. The van der Waals surface area contributed by atoms with Crippen LogP contribution in [0.3, 0.4) is 0 Å². The molecule has 3 N–H and O–H groups in total. The molecule has 0 amide bonds. The minimum Gasteiger partial charge on any atom is -0.330 e. The Morgan fingerprint density at radius 3 is 2.73 bits per heavy atom. The van der Waals surface area contributed by atoms with E-state index < -0.39 is 0 Å². The summed E-state index contributed by atoms with van der Waals surface area (Å²) in [5.74, 6) is 0.0713. The summed E-state index contributed by atoms with van der Waals surface area (Å²) in [6.07, 6.45) is 0.906. The maximum absolute atomic E-state index is 10.9. The van der Waals surface area contributed by atoms with Crippen LogP contribution >= 0.6 is 0 Å². The second-order valence-electron chi connectivity index (χ2n) is 2.52. The minimum absolute atomic E-state index is 0.0713. The predicted molar refractivity (Wildman–Crippen MR) is 46.4 cm³/mol. The zero-order valence-corrected chi connectivity index (χ0v) is 7.02. The van der Waals surface area contributed by atoms with E-state index in [9.17, 15) is 4.79 Å². The van der Waals surface area contributed by atoms with E-state index in [0.717, 1.165) is 13.0 Å². The number of hydrogen-bond acceptors (Lipinski definition) is 3. The van der Waals surface area contributed by atoms with E-state index >= 15 is 0 Å². The molecule has 64 valence electrons. The van der Waals surface area contributed by atoms with E-state index in [2.05, 4.69) is 11.9 Å². The number of nitrogens with one attached hydrogen (secondary N) is 1. The SMILES string of the molecule is C=C(C)C(=O)CNCCCN. The van der Waals surface area contributed by atoms with Gasteiger partial charge in [-0.1, -0.05) is 6.58 Å². The van der Waals surface area contributed by atoms with Crippen LogP contribution in [0.1, 0.15) is 13.3 Å². The van der Waals surface area contributed by atoms with Crippen molar-refractivity contribution in [1.82, 2.24) is 5.32 Å².